The molecule has 0 fully saturated rings. The number of aromatic nitrogens is 2. The Kier molecular flexibility index (Phi) is 5.03. The molecule has 4 heterocycles. The first-order valence-corrected chi connectivity index (χ1v) is 16.8. The number of hydrogen-bond acceptors (Lipinski definition) is 3. The smallest absolute Gasteiger partial charge is 0.135 e. The molecule has 0 atom stereocenters. The van der Waals surface area contributed by atoms with Crippen molar-refractivity contribution in [1.29, 1.82) is 5.26 Å². The van der Waals surface area contributed by atoms with Crippen molar-refractivity contribution in [3.63, 3.8) is 0 Å². The van der Waals surface area contributed by atoms with Gasteiger partial charge >= 0.3 is 0 Å². The van der Waals surface area contributed by atoms with Crippen LogP contribution in [0.4, 0.5) is 0 Å². The Labute approximate surface area is 277 Å². The summed E-state index contributed by atoms with van der Waals surface area (Å²) < 4.78 is 13.7. The number of fused-ring (bicyclic) bond motifs is 13. The minimum atomic E-state index is 0.660. The van der Waals surface area contributed by atoms with Gasteiger partial charge < -0.3 is 13.6 Å². The second kappa shape index (κ2) is 9.36. The highest BCUT2D eigenvalue weighted by Crippen LogP contribution is 2.44. The van der Waals surface area contributed by atoms with Crippen molar-refractivity contribution < 1.29 is 4.42 Å². The van der Waals surface area contributed by atoms with Gasteiger partial charge in [0.05, 0.1) is 33.7 Å². The normalized spacial score (nSPS) is 12.1. The number of hydrogen-bond donors (Lipinski definition) is 0. The third kappa shape index (κ3) is 3.37. The first-order valence-electron chi connectivity index (χ1n) is 16.0. The largest absolute Gasteiger partial charge is 0.456 e. The molecule has 0 aliphatic rings. The van der Waals surface area contributed by atoms with Gasteiger partial charge in [-0.15, -0.1) is 11.3 Å². The average Bonchev–Trinajstić information content (AvgIpc) is 3.88. The molecule has 0 unspecified atom stereocenters. The monoisotopic (exact) mass is 629 g/mol. The van der Waals surface area contributed by atoms with Crippen molar-refractivity contribution >= 4 is 97.1 Å². The number of para-hydroxylation sites is 2. The van der Waals surface area contributed by atoms with E-state index in [1.807, 2.05) is 23.5 Å². The minimum Gasteiger partial charge on any atom is -0.456 e. The quantitative estimate of drug-likeness (QED) is 0.191. The summed E-state index contributed by atoms with van der Waals surface area (Å²) in [5, 5.41) is 19.1. The van der Waals surface area contributed by atoms with E-state index in [-0.39, 0.29) is 0 Å². The summed E-state index contributed by atoms with van der Waals surface area (Å²) in [6.07, 6.45) is 0. The molecule has 0 amide bonds. The maximum atomic E-state index is 9.60. The van der Waals surface area contributed by atoms with E-state index in [9.17, 15) is 5.26 Å². The minimum absolute atomic E-state index is 0.660. The van der Waals surface area contributed by atoms with Gasteiger partial charge in [-0.25, -0.2) is 0 Å². The van der Waals surface area contributed by atoms with Gasteiger partial charge in [0, 0.05) is 63.9 Å². The number of nitrogens with zero attached hydrogens (tertiary/aromatic N) is 3. The van der Waals surface area contributed by atoms with Gasteiger partial charge in [-0.3, -0.25) is 0 Å². The van der Waals surface area contributed by atoms with Gasteiger partial charge in [-0.2, -0.15) is 5.26 Å². The van der Waals surface area contributed by atoms with E-state index in [0.717, 1.165) is 55.1 Å². The van der Waals surface area contributed by atoms with E-state index >= 15 is 0 Å². The standard InChI is InChI=1S/C43H23N3OS/c44-24-25-13-17-37-32(21-25)28-7-1-4-10-35(28)45(37)26-14-19-39-33(22-26)34-23-27(15-20-40(34)47-39)46-36-11-5-2-9-31(36)42-38(46)18-16-30-29-8-3-6-12-41(29)48-43(30)42/h1-23H. The molecule has 0 aliphatic heterocycles. The SMILES string of the molecule is N#Cc1ccc2c(c1)c1ccccc1n2-c1ccc2oc3ccc(-n4c5ccccc5c5c6sc7ccccc7c6ccc54)cc3c2c1. The van der Waals surface area contributed by atoms with Crippen molar-refractivity contribution in [3.8, 4) is 17.4 Å². The van der Waals surface area contributed by atoms with Gasteiger partial charge in [0.15, 0.2) is 0 Å². The number of furan rings is 1. The van der Waals surface area contributed by atoms with Crippen LogP contribution in [0.5, 0.6) is 0 Å². The van der Waals surface area contributed by atoms with Crippen LogP contribution in [-0.4, -0.2) is 9.13 Å². The van der Waals surface area contributed by atoms with Gasteiger partial charge in [0.1, 0.15) is 11.2 Å². The molecule has 11 rings (SSSR count). The van der Waals surface area contributed by atoms with Crippen molar-refractivity contribution in [1.82, 2.24) is 9.13 Å². The molecule has 4 nitrogen and oxygen atoms in total. The fourth-order valence-corrected chi connectivity index (χ4v) is 9.12. The van der Waals surface area contributed by atoms with Crippen LogP contribution in [0.2, 0.25) is 0 Å². The predicted octanol–water partition coefficient (Wildman–Crippen LogP) is 12.0. The van der Waals surface area contributed by atoms with E-state index < -0.39 is 0 Å². The topological polar surface area (TPSA) is 46.8 Å². The van der Waals surface area contributed by atoms with E-state index in [4.69, 9.17) is 4.42 Å². The number of thiophene rings is 1. The van der Waals surface area contributed by atoms with Crippen LogP contribution in [0.3, 0.4) is 0 Å². The Hall–Kier alpha value is -6.35. The van der Waals surface area contributed by atoms with Crippen LogP contribution in [0.15, 0.2) is 144 Å². The lowest BCUT2D eigenvalue weighted by Crippen LogP contribution is -1.94. The van der Waals surface area contributed by atoms with Gasteiger partial charge in [-0.1, -0.05) is 60.7 Å². The zero-order valence-electron chi connectivity index (χ0n) is 25.4. The highest BCUT2D eigenvalue weighted by atomic mass is 32.1. The first-order chi connectivity index (χ1) is 23.7. The molecule has 11 aromatic rings. The molecular weight excluding hydrogens is 607 g/mol. The van der Waals surface area contributed by atoms with Crippen LogP contribution >= 0.6 is 11.3 Å². The average molecular weight is 630 g/mol. The van der Waals surface area contributed by atoms with Crippen LogP contribution < -0.4 is 0 Å². The van der Waals surface area contributed by atoms with E-state index in [1.165, 1.54) is 42.0 Å². The van der Waals surface area contributed by atoms with Crippen molar-refractivity contribution in [2.75, 3.05) is 0 Å². The Balaban J connectivity index is 1.17. The second-order valence-corrected chi connectivity index (χ2v) is 13.5. The van der Waals surface area contributed by atoms with Crippen LogP contribution in [-0.2, 0) is 0 Å². The third-order valence-electron chi connectivity index (χ3n) is 9.93. The van der Waals surface area contributed by atoms with E-state index in [0.29, 0.717) is 5.56 Å². The van der Waals surface area contributed by atoms with Gasteiger partial charge in [-0.05, 0) is 78.9 Å². The first kappa shape index (κ1) is 25.8. The zero-order chi connectivity index (χ0) is 31.5. The maximum Gasteiger partial charge on any atom is 0.135 e. The van der Waals surface area contributed by atoms with Crippen LogP contribution in [0, 0.1) is 11.3 Å². The van der Waals surface area contributed by atoms with Crippen molar-refractivity contribution in [2.45, 2.75) is 0 Å². The van der Waals surface area contributed by atoms with E-state index in [2.05, 4.69) is 143 Å². The molecule has 7 aromatic carbocycles. The lowest BCUT2D eigenvalue weighted by atomic mass is 10.1. The molecule has 0 spiro atoms. The predicted molar refractivity (Wildman–Crippen MR) is 200 cm³/mol. The third-order valence-corrected chi connectivity index (χ3v) is 11.1. The lowest BCUT2D eigenvalue weighted by molar-refractivity contribution is 0.669. The van der Waals surface area contributed by atoms with Gasteiger partial charge in [0.2, 0.25) is 0 Å². The molecule has 0 bridgehead atoms. The summed E-state index contributed by atoms with van der Waals surface area (Å²) in [6.45, 7) is 0. The molecule has 0 saturated carbocycles. The van der Waals surface area contributed by atoms with Crippen LogP contribution in [0.25, 0.3) is 97.1 Å². The molecule has 222 valence electrons. The fourth-order valence-electron chi connectivity index (χ4n) is 7.87. The molecular formula is C43H23N3OS. The molecule has 5 heteroatoms. The molecule has 4 aromatic heterocycles. The summed E-state index contributed by atoms with van der Waals surface area (Å²) >= 11 is 1.88. The highest BCUT2D eigenvalue weighted by Gasteiger charge is 2.19. The molecule has 0 N–H and O–H groups in total. The molecule has 0 saturated heterocycles. The fraction of sp³-hybridized carbons (Fsp3) is 0. The van der Waals surface area contributed by atoms with Gasteiger partial charge in [0.25, 0.3) is 0 Å². The summed E-state index contributed by atoms with van der Waals surface area (Å²) in [6, 6.07) is 51.7. The summed E-state index contributed by atoms with van der Waals surface area (Å²) in [7, 11) is 0. The molecule has 48 heavy (non-hydrogen) atoms. The van der Waals surface area contributed by atoms with Crippen molar-refractivity contribution in [2.24, 2.45) is 0 Å². The van der Waals surface area contributed by atoms with Crippen molar-refractivity contribution in [3.05, 3.63) is 145 Å². The molecule has 0 radical (unpaired) electrons. The Bertz CT molecular complexity index is 3200. The Morgan fingerprint density at radius 3 is 1.83 bits per heavy atom. The second-order valence-electron chi connectivity index (χ2n) is 12.4. The lowest BCUT2D eigenvalue weighted by Gasteiger charge is -2.09. The Morgan fingerprint density at radius 2 is 1.08 bits per heavy atom. The number of nitriles is 1. The molecule has 0 aliphatic carbocycles. The summed E-state index contributed by atoms with van der Waals surface area (Å²) in [5.74, 6) is 0. The number of benzene rings is 7. The zero-order valence-corrected chi connectivity index (χ0v) is 26.3. The maximum absolute atomic E-state index is 9.60. The number of rotatable bonds is 2. The Morgan fingerprint density at radius 1 is 0.479 bits per heavy atom. The summed E-state index contributed by atoms with van der Waals surface area (Å²) in [5.41, 5.74) is 9.09. The van der Waals surface area contributed by atoms with E-state index in [1.54, 1.807) is 0 Å². The van der Waals surface area contributed by atoms with Crippen LogP contribution in [0.1, 0.15) is 5.56 Å². The summed E-state index contributed by atoms with van der Waals surface area (Å²) in [4.78, 5) is 0. The highest BCUT2D eigenvalue weighted by molar-refractivity contribution is 7.26.